The first-order chi connectivity index (χ1) is 10.3. The van der Waals surface area contributed by atoms with Crippen LogP contribution in [-0.4, -0.2) is 33.3 Å². The molecule has 0 amide bonds. The molecule has 0 aliphatic carbocycles. The largest absolute Gasteiger partial charge is 0.380 e. The molecule has 0 spiro atoms. The third-order valence-electron chi connectivity index (χ3n) is 3.00. The Balaban J connectivity index is 1.95. The number of para-hydroxylation sites is 1. The van der Waals surface area contributed by atoms with Crippen LogP contribution in [0.15, 0.2) is 35.1 Å². The van der Waals surface area contributed by atoms with E-state index in [9.17, 15) is 0 Å². The fourth-order valence-electron chi connectivity index (χ4n) is 1.98. The van der Waals surface area contributed by atoms with Crippen molar-refractivity contribution in [3.63, 3.8) is 0 Å². The van der Waals surface area contributed by atoms with Crippen molar-refractivity contribution < 1.29 is 9.26 Å². The minimum Gasteiger partial charge on any atom is -0.380 e. The Morgan fingerprint density at radius 2 is 2.14 bits per heavy atom. The Labute approximate surface area is 121 Å². The maximum atomic E-state index is 5.95. The van der Waals surface area contributed by atoms with Gasteiger partial charge in [-0.05, 0) is 19.1 Å². The lowest BCUT2D eigenvalue weighted by atomic mass is 10.1. The number of nitrogens with zero attached hydrogens (tertiary/aromatic N) is 4. The molecule has 2 N–H and O–H groups in total. The standard InChI is InChI=1S/C14H15N5O2/c1-2-20-8-10(15)13-18-14(21-19-13)9-4-3-5-11-12(9)17-7-6-16-11/h3-7,10H,2,8,15H2,1H3. The summed E-state index contributed by atoms with van der Waals surface area (Å²) in [7, 11) is 0. The van der Waals surface area contributed by atoms with E-state index in [1.54, 1.807) is 12.4 Å². The van der Waals surface area contributed by atoms with Gasteiger partial charge in [0.25, 0.3) is 5.89 Å². The van der Waals surface area contributed by atoms with Gasteiger partial charge in [0.05, 0.1) is 23.7 Å². The van der Waals surface area contributed by atoms with Crippen molar-refractivity contribution in [3.8, 4) is 11.5 Å². The molecule has 1 unspecified atom stereocenters. The lowest BCUT2D eigenvalue weighted by molar-refractivity contribution is 0.130. The third-order valence-corrected chi connectivity index (χ3v) is 3.00. The van der Waals surface area contributed by atoms with Gasteiger partial charge in [-0.1, -0.05) is 11.2 Å². The molecule has 0 saturated carbocycles. The molecule has 7 nitrogen and oxygen atoms in total. The highest BCUT2D eigenvalue weighted by atomic mass is 16.5. The molecule has 0 radical (unpaired) electrons. The van der Waals surface area contributed by atoms with Gasteiger partial charge in [0.2, 0.25) is 0 Å². The third kappa shape index (κ3) is 2.74. The van der Waals surface area contributed by atoms with Gasteiger partial charge in [0.1, 0.15) is 5.52 Å². The summed E-state index contributed by atoms with van der Waals surface area (Å²) in [5, 5.41) is 3.91. The van der Waals surface area contributed by atoms with Crippen LogP contribution in [0.5, 0.6) is 0 Å². The second kappa shape index (κ2) is 5.94. The van der Waals surface area contributed by atoms with E-state index in [2.05, 4.69) is 20.1 Å². The van der Waals surface area contributed by atoms with E-state index in [-0.39, 0.29) is 0 Å². The van der Waals surface area contributed by atoms with E-state index in [4.69, 9.17) is 15.0 Å². The van der Waals surface area contributed by atoms with Crippen molar-refractivity contribution in [1.82, 2.24) is 20.1 Å². The molecule has 108 valence electrons. The Morgan fingerprint density at radius 3 is 3.00 bits per heavy atom. The molecule has 0 saturated heterocycles. The number of fused-ring (bicyclic) bond motifs is 1. The molecule has 0 aliphatic heterocycles. The van der Waals surface area contributed by atoms with Gasteiger partial charge in [0, 0.05) is 19.0 Å². The Hall–Kier alpha value is -2.38. The van der Waals surface area contributed by atoms with Crippen LogP contribution < -0.4 is 5.73 Å². The second-order valence-electron chi connectivity index (χ2n) is 4.45. The van der Waals surface area contributed by atoms with Crippen LogP contribution in [0.4, 0.5) is 0 Å². The summed E-state index contributed by atoms with van der Waals surface area (Å²) in [6.07, 6.45) is 3.27. The Morgan fingerprint density at radius 1 is 1.29 bits per heavy atom. The highest BCUT2D eigenvalue weighted by Crippen LogP contribution is 2.25. The van der Waals surface area contributed by atoms with Gasteiger partial charge in [-0.2, -0.15) is 4.98 Å². The van der Waals surface area contributed by atoms with Crippen molar-refractivity contribution in [2.24, 2.45) is 5.73 Å². The van der Waals surface area contributed by atoms with Crippen LogP contribution in [0.25, 0.3) is 22.5 Å². The zero-order chi connectivity index (χ0) is 14.7. The van der Waals surface area contributed by atoms with Crippen LogP contribution in [0, 0.1) is 0 Å². The average molecular weight is 285 g/mol. The minimum atomic E-state index is -0.413. The number of aromatic nitrogens is 4. The quantitative estimate of drug-likeness (QED) is 0.761. The molecule has 2 aromatic heterocycles. The topological polar surface area (TPSA) is 100.0 Å². The molecule has 21 heavy (non-hydrogen) atoms. The summed E-state index contributed by atoms with van der Waals surface area (Å²) < 4.78 is 10.6. The normalized spacial score (nSPS) is 12.7. The lowest BCUT2D eigenvalue weighted by Gasteiger charge is -2.05. The first-order valence-corrected chi connectivity index (χ1v) is 6.66. The first-order valence-electron chi connectivity index (χ1n) is 6.66. The van der Waals surface area contributed by atoms with Crippen molar-refractivity contribution in [3.05, 3.63) is 36.4 Å². The van der Waals surface area contributed by atoms with Crippen LogP contribution in [-0.2, 0) is 4.74 Å². The number of hydrogen-bond donors (Lipinski definition) is 1. The molecule has 2 heterocycles. The molecular formula is C14H15N5O2. The SMILES string of the molecule is CCOCC(N)c1noc(-c2cccc3nccnc23)n1. The molecule has 0 aliphatic rings. The van der Waals surface area contributed by atoms with E-state index < -0.39 is 6.04 Å². The van der Waals surface area contributed by atoms with Crippen molar-refractivity contribution in [2.45, 2.75) is 13.0 Å². The van der Waals surface area contributed by atoms with E-state index in [1.807, 2.05) is 25.1 Å². The van der Waals surface area contributed by atoms with Gasteiger partial charge in [-0.15, -0.1) is 0 Å². The monoisotopic (exact) mass is 285 g/mol. The summed E-state index contributed by atoms with van der Waals surface area (Å²) >= 11 is 0. The second-order valence-corrected chi connectivity index (χ2v) is 4.45. The Kier molecular flexibility index (Phi) is 3.85. The van der Waals surface area contributed by atoms with Crippen LogP contribution in [0.3, 0.4) is 0 Å². The Bertz CT molecular complexity index is 738. The predicted octanol–water partition coefficient (Wildman–Crippen LogP) is 1.72. The van der Waals surface area contributed by atoms with Crippen LogP contribution >= 0.6 is 0 Å². The molecule has 3 aromatic rings. The fourth-order valence-corrected chi connectivity index (χ4v) is 1.98. The average Bonchev–Trinajstić information content (AvgIpc) is 3.02. The maximum Gasteiger partial charge on any atom is 0.260 e. The first kappa shape index (κ1) is 13.6. The van der Waals surface area contributed by atoms with E-state index in [0.717, 1.165) is 11.1 Å². The summed E-state index contributed by atoms with van der Waals surface area (Å²) in [6, 6.07) is 5.20. The van der Waals surface area contributed by atoms with Gasteiger partial charge in [0.15, 0.2) is 5.82 Å². The smallest absolute Gasteiger partial charge is 0.260 e. The number of benzene rings is 1. The number of rotatable bonds is 5. The van der Waals surface area contributed by atoms with E-state index in [1.165, 1.54) is 0 Å². The van der Waals surface area contributed by atoms with E-state index in [0.29, 0.717) is 30.4 Å². The molecule has 1 aromatic carbocycles. The molecule has 3 rings (SSSR count). The van der Waals surface area contributed by atoms with Crippen molar-refractivity contribution in [1.29, 1.82) is 0 Å². The van der Waals surface area contributed by atoms with Gasteiger partial charge >= 0.3 is 0 Å². The molecule has 0 bridgehead atoms. The lowest BCUT2D eigenvalue weighted by Crippen LogP contribution is -2.18. The predicted molar refractivity (Wildman–Crippen MR) is 76.3 cm³/mol. The number of hydrogen-bond acceptors (Lipinski definition) is 7. The molecule has 1 atom stereocenters. The van der Waals surface area contributed by atoms with E-state index >= 15 is 0 Å². The van der Waals surface area contributed by atoms with Crippen molar-refractivity contribution >= 4 is 11.0 Å². The fraction of sp³-hybridized carbons (Fsp3) is 0.286. The zero-order valence-corrected chi connectivity index (χ0v) is 11.6. The van der Waals surface area contributed by atoms with Crippen LogP contribution in [0.2, 0.25) is 0 Å². The van der Waals surface area contributed by atoms with Gasteiger partial charge in [-0.3, -0.25) is 9.97 Å². The maximum absolute atomic E-state index is 5.95. The summed E-state index contributed by atoms with van der Waals surface area (Å²) in [5.41, 5.74) is 8.17. The molecular weight excluding hydrogens is 270 g/mol. The number of nitrogens with two attached hydrogens (primary N) is 1. The number of ether oxygens (including phenoxy) is 1. The minimum absolute atomic E-state index is 0.352. The van der Waals surface area contributed by atoms with Gasteiger partial charge in [-0.25, -0.2) is 0 Å². The van der Waals surface area contributed by atoms with Crippen molar-refractivity contribution in [2.75, 3.05) is 13.2 Å². The van der Waals surface area contributed by atoms with Crippen LogP contribution in [0.1, 0.15) is 18.8 Å². The van der Waals surface area contributed by atoms with Gasteiger partial charge < -0.3 is 15.0 Å². The molecule has 0 fully saturated rings. The highest BCUT2D eigenvalue weighted by Gasteiger charge is 2.17. The summed E-state index contributed by atoms with van der Waals surface area (Å²) in [5.74, 6) is 0.794. The molecule has 7 heteroatoms. The summed E-state index contributed by atoms with van der Waals surface area (Å²) in [6.45, 7) is 2.85. The highest BCUT2D eigenvalue weighted by molar-refractivity contribution is 5.88. The zero-order valence-electron chi connectivity index (χ0n) is 11.6. The summed E-state index contributed by atoms with van der Waals surface area (Å²) in [4.78, 5) is 12.9.